The monoisotopic (exact) mass is 596 g/mol. The summed E-state index contributed by atoms with van der Waals surface area (Å²) in [4.78, 5) is 23.6. The first-order valence-corrected chi connectivity index (χ1v) is 16.0. The average molecular weight is 597 g/mol. The Kier molecular flexibility index (Phi) is 9.22. The van der Waals surface area contributed by atoms with Crippen LogP contribution in [0.15, 0.2) is 79.1 Å². The van der Waals surface area contributed by atoms with Crippen LogP contribution in [0.4, 0.5) is 8.78 Å². The molecule has 0 saturated heterocycles. The Labute approximate surface area is 258 Å². The molecule has 1 aliphatic heterocycles. The molecule has 4 aromatic rings. The standard InChI is InChI=1S/C37H42F2N4O/c1-2-18-37(38,39)30-14-11-27(12-15-30)24-43-20-17-35-33(25-43)32-22-29(13-16-34(32)42-35)36(44)41-31-9-3-6-26(7-4-10-31)21-28-8-5-19-40-23-28/h2,5,8,11-16,18-19,22-23,26,31,42H,3-4,6-7,9-10,17,20-21,24-25H2,1H3,(H,41,44)/b18-2+. The smallest absolute Gasteiger partial charge is 0.291 e. The third-order valence-electron chi connectivity index (χ3n) is 9.35. The molecule has 0 unspecified atom stereocenters. The molecule has 0 atom stereocenters. The number of halogens is 2. The number of rotatable bonds is 8. The zero-order chi connectivity index (χ0) is 30.5. The molecule has 1 amide bonds. The first-order valence-electron chi connectivity index (χ1n) is 16.0. The second kappa shape index (κ2) is 13.4. The number of nitrogens with one attached hydrogen (secondary N) is 2. The number of pyridine rings is 1. The van der Waals surface area contributed by atoms with Gasteiger partial charge in [0.05, 0.1) is 0 Å². The van der Waals surface area contributed by atoms with Crippen LogP contribution >= 0.6 is 0 Å². The minimum Gasteiger partial charge on any atom is -0.358 e. The van der Waals surface area contributed by atoms with Crippen LogP contribution in [0, 0.1) is 5.92 Å². The van der Waals surface area contributed by atoms with E-state index in [9.17, 15) is 13.6 Å². The quantitative estimate of drug-likeness (QED) is 0.202. The Bertz CT molecular complexity index is 1590. The summed E-state index contributed by atoms with van der Waals surface area (Å²) < 4.78 is 28.5. The summed E-state index contributed by atoms with van der Waals surface area (Å²) in [7, 11) is 0. The first-order chi connectivity index (χ1) is 21.4. The first kappa shape index (κ1) is 30.2. The van der Waals surface area contributed by atoms with Gasteiger partial charge in [-0.3, -0.25) is 14.7 Å². The van der Waals surface area contributed by atoms with Crippen LogP contribution in [0.1, 0.15) is 83.8 Å². The van der Waals surface area contributed by atoms with Gasteiger partial charge in [-0.05, 0) is 79.1 Å². The number of H-pyrrole nitrogens is 1. The minimum absolute atomic E-state index is 0.00167. The van der Waals surface area contributed by atoms with E-state index in [0.29, 0.717) is 18.0 Å². The molecule has 0 bridgehead atoms. The van der Waals surface area contributed by atoms with Crippen molar-refractivity contribution >= 4 is 16.8 Å². The van der Waals surface area contributed by atoms with Gasteiger partial charge in [0.25, 0.3) is 11.8 Å². The van der Waals surface area contributed by atoms with Crippen molar-refractivity contribution in [3.63, 3.8) is 0 Å². The van der Waals surface area contributed by atoms with Crippen molar-refractivity contribution in [1.29, 1.82) is 0 Å². The summed E-state index contributed by atoms with van der Waals surface area (Å²) in [6, 6.07) is 17.0. The predicted octanol–water partition coefficient (Wildman–Crippen LogP) is 8.10. The lowest BCUT2D eigenvalue weighted by atomic mass is 9.85. The van der Waals surface area contributed by atoms with E-state index >= 15 is 0 Å². The zero-order valence-electron chi connectivity index (χ0n) is 25.5. The van der Waals surface area contributed by atoms with E-state index in [1.165, 1.54) is 47.9 Å². The fourth-order valence-electron chi connectivity index (χ4n) is 7.01. The number of benzene rings is 2. The van der Waals surface area contributed by atoms with Crippen molar-refractivity contribution in [3.05, 3.63) is 113 Å². The number of carbonyl (C=O) groups excluding carboxylic acids is 1. The van der Waals surface area contributed by atoms with Gasteiger partial charge in [-0.25, -0.2) is 0 Å². The molecule has 1 fully saturated rings. The Balaban J connectivity index is 1.07. The summed E-state index contributed by atoms with van der Waals surface area (Å²) >= 11 is 0. The molecule has 0 spiro atoms. The largest absolute Gasteiger partial charge is 0.358 e. The predicted molar refractivity (Wildman–Crippen MR) is 172 cm³/mol. The molecule has 2 aromatic carbocycles. The van der Waals surface area contributed by atoms with Gasteiger partial charge in [0.15, 0.2) is 0 Å². The van der Waals surface area contributed by atoms with Crippen molar-refractivity contribution in [2.75, 3.05) is 6.54 Å². The summed E-state index contributed by atoms with van der Waals surface area (Å²) in [6.45, 7) is 3.92. The number of nitrogens with zero attached hydrogens (tertiary/aromatic N) is 2. The summed E-state index contributed by atoms with van der Waals surface area (Å²) in [5.41, 5.74) is 6.53. The zero-order valence-corrected chi connectivity index (χ0v) is 25.5. The molecule has 7 heteroatoms. The van der Waals surface area contributed by atoms with Crippen molar-refractivity contribution in [2.45, 2.75) is 83.3 Å². The molecule has 5 nitrogen and oxygen atoms in total. The lowest BCUT2D eigenvalue weighted by molar-refractivity contribution is 0.0519. The van der Waals surface area contributed by atoms with Crippen molar-refractivity contribution in [3.8, 4) is 0 Å². The number of hydrogen-bond donors (Lipinski definition) is 2. The number of alkyl halides is 2. The lowest BCUT2D eigenvalue weighted by Gasteiger charge is -2.27. The summed E-state index contributed by atoms with van der Waals surface area (Å²) in [5.74, 6) is -2.27. The molecule has 2 aromatic heterocycles. The molecule has 3 heterocycles. The third kappa shape index (κ3) is 7.10. The maximum absolute atomic E-state index is 14.2. The molecule has 44 heavy (non-hydrogen) atoms. The maximum Gasteiger partial charge on any atom is 0.291 e. The maximum atomic E-state index is 14.2. The fraction of sp³-hybridized carbons (Fsp3) is 0.405. The van der Waals surface area contributed by atoms with Crippen LogP contribution in [0.5, 0.6) is 0 Å². The number of carbonyl (C=O) groups is 1. The van der Waals surface area contributed by atoms with E-state index in [-0.39, 0.29) is 17.5 Å². The Morgan fingerprint density at radius 1 is 1.07 bits per heavy atom. The van der Waals surface area contributed by atoms with Gasteiger partial charge in [-0.1, -0.05) is 62.1 Å². The number of aromatic nitrogens is 2. The van der Waals surface area contributed by atoms with Gasteiger partial charge in [0.2, 0.25) is 0 Å². The van der Waals surface area contributed by atoms with E-state index < -0.39 is 5.92 Å². The molecule has 2 aliphatic rings. The highest BCUT2D eigenvalue weighted by atomic mass is 19.3. The van der Waals surface area contributed by atoms with E-state index in [0.717, 1.165) is 74.2 Å². The number of hydrogen-bond acceptors (Lipinski definition) is 3. The van der Waals surface area contributed by atoms with Gasteiger partial charge >= 0.3 is 0 Å². The van der Waals surface area contributed by atoms with Crippen LogP contribution in [0.2, 0.25) is 0 Å². The number of allylic oxidation sites excluding steroid dienone is 2. The molecule has 1 saturated carbocycles. The highest BCUT2D eigenvalue weighted by molar-refractivity contribution is 5.99. The fourth-order valence-corrected chi connectivity index (χ4v) is 7.01. The van der Waals surface area contributed by atoms with E-state index in [2.05, 4.69) is 26.3 Å². The van der Waals surface area contributed by atoms with E-state index in [1.54, 1.807) is 19.1 Å². The van der Waals surface area contributed by atoms with Gasteiger partial charge < -0.3 is 10.3 Å². The molecule has 2 N–H and O–H groups in total. The second-order valence-corrected chi connectivity index (χ2v) is 12.6. The van der Waals surface area contributed by atoms with Crippen molar-refractivity contribution in [2.24, 2.45) is 5.92 Å². The molecule has 1 aliphatic carbocycles. The van der Waals surface area contributed by atoms with Gasteiger partial charge in [0, 0.05) is 72.2 Å². The van der Waals surface area contributed by atoms with Crippen molar-refractivity contribution < 1.29 is 13.6 Å². The molecule has 6 rings (SSSR count). The SMILES string of the molecule is C/C=C/C(F)(F)c1ccc(CN2CCc3[nH]c4ccc(C(=O)NC5CCCC(Cc6cccnc6)CCC5)cc4c3C2)cc1. The van der Waals surface area contributed by atoms with Gasteiger partial charge in [-0.15, -0.1) is 0 Å². The Hall–Kier alpha value is -3.84. The minimum atomic E-state index is -2.96. The normalized spacial score (nSPS) is 19.9. The number of aromatic amines is 1. The number of amides is 1. The number of fused-ring (bicyclic) bond motifs is 3. The molecular formula is C37H42F2N4O. The van der Waals surface area contributed by atoms with E-state index in [1.807, 2.05) is 36.7 Å². The molecular weight excluding hydrogens is 554 g/mol. The Morgan fingerprint density at radius 2 is 1.86 bits per heavy atom. The van der Waals surface area contributed by atoms with Crippen LogP contribution in [-0.4, -0.2) is 33.4 Å². The highest BCUT2D eigenvalue weighted by Gasteiger charge is 2.28. The third-order valence-corrected chi connectivity index (χ3v) is 9.35. The van der Waals surface area contributed by atoms with E-state index in [4.69, 9.17) is 0 Å². The lowest BCUT2D eigenvalue weighted by Crippen LogP contribution is -2.35. The van der Waals surface area contributed by atoms with Crippen LogP contribution in [0.3, 0.4) is 0 Å². The van der Waals surface area contributed by atoms with Crippen molar-refractivity contribution in [1.82, 2.24) is 20.2 Å². The van der Waals surface area contributed by atoms with Crippen LogP contribution in [-0.2, 0) is 31.9 Å². The van der Waals surface area contributed by atoms with Gasteiger partial charge in [0.1, 0.15) is 0 Å². The summed E-state index contributed by atoms with van der Waals surface area (Å²) in [6.07, 6.45) is 14.7. The topological polar surface area (TPSA) is 61.0 Å². The van der Waals surface area contributed by atoms with Crippen LogP contribution < -0.4 is 5.32 Å². The highest BCUT2D eigenvalue weighted by Crippen LogP contribution is 2.32. The molecule has 0 radical (unpaired) electrons. The Morgan fingerprint density at radius 3 is 2.59 bits per heavy atom. The summed E-state index contributed by atoms with van der Waals surface area (Å²) in [5, 5.41) is 4.43. The van der Waals surface area contributed by atoms with Crippen LogP contribution in [0.25, 0.3) is 10.9 Å². The average Bonchev–Trinajstić information content (AvgIpc) is 3.37. The second-order valence-electron chi connectivity index (χ2n) is 12.6. The van der Waals surface area contributed by atoms with Gasteiger partial charge in [-0.2, -0.15) is 8.78 Å². The molecule has 230 valence electrons.